The Hall–Kier alpha value is -1.03. The molecule has 128 valence electrons. The molecule has 0 aromatic carbocycles. The number of hydrogen-bond acceptors (Lipinski definition) is 4. The molecule has 0 aliphatic rings. The van der Waals surface area contributed by atoms with Gasteiger partial charge in [0.05, 0.1) is 12.8 Å². The molecule has 0 aromatic heterocycles. The van der Waals surface area contributed by atoms with Gasteiger partial charge in [0, 0.05) is 13.0 Å². The molecule has 0 spiro atoms. The standard InChI is InChI=1S/C18H32O4/c19-14-11-9-7-5-3-1-2-4-6-8-10-12-17(21)16-18(22)13-15-20/h15,19H,1-14,16H2. The van der Waals surface area contributed by atoms with Gasteiger partial charge in [0.25, 0.3) is 0 Å². The number of carbonyl (C=O) groups excluding carboxylic acids is 3. The highest BCUT2D eigenvalue weighted by Crippen LogP contribution is 2.12. The van der Waals surface area contributed by atoms with Crippen molar-refractivity contribution in [2.45, 2.75) is 89.9 Å². The highest BCUT2D eigenvalue weighted by molar-refractivity contribution is 6.03. The van der Waals surface area contributed by atoms with E-state index in [1.54, 1.807) is 0 Å². The molecule has 4 nitrogen and oxygen atoms in total. The van der Waals surface area contributed by atoms with Gasteiger partial charge in [-0.1, -0.05) is 57.8 Å². The van der Waals surface area contributed by atoms with Gasteiger partial charge in [-0.15, -0.1) is 0 Å². The van der Waals surface area contributed by atoms with E-state index in [1.807, 2.05) is 0 Å². The van der Waals surface area contributed by atoms with Crippen LogP contribution in [0.5, 0.6) is 0 Å². The summed E-state index contributed by atoms with van der Waals surface area (Å²) in [6.07, 6.45) is 13.5. The van der Waals surface area contributed by atoms with E-state index >= 15 is 0 Å². The molecule has 0 saturated carbocycles. The third-order valence-electron chi connectivity index (χ3n) is 3.82. The Bertz CT molecular complexity index is 299. The Kier molecular flexibility index (Phi) is 15.6. The van der Waals surface area contributed by atoms with Crippen LogP contribution in [-0.2, 0) is 14.4 Å². The first-order valence-corrected chi connectivity index (χ1v) is 8.78. The summed E-state index contributed by atoms with van der Waals surface area (Å²) in [7, 11) is 0. The monoisotopic (exact) mass is 312 g/mol. The molecule has 0 fully saturated rings. The zero-order valence-corrected chi connectivity index (χ0v) is 13.9. The number of aliphatic hydroxyl groups excluding tert-OH is 1. The van der Waals surface area contributed by atoms with Crippen molar-refractivity contribution in [3.8, 4) is 0 Å². The first-order chi connectivity index (χ1) is 10.7. The van der Waals surface area contributed by atoms with Gasteiger partial charge >= 0.3 is 0 Å². The van der Waals surface area contributed by atoms with Gasteiger partial charge in [-0.3, -0.25) is 9.59 Å². The van der Waals surface area contributed by atoms with Crippen LogP contribution in [0.2, 0.25) is 0 Å². The molecule has 0 amide bonds. The fraction of sp³-hybridized carbons (Fsp3) is 0.833. The van der Waals surface area contributed by atoms with Crippen molar-refractivity contribution >= 4 is 17.9 Å². The normalized spacial score (nSPS) is 10.6. The van der Waals surface area contributed by atoms with E-state index in [4.69, 9.17) is 5.11 Å². The van der Waals surface area contributed by atoms with Crippen LogP contribution in [0.25, 0.3) is 0 Å². The van der Waals surface area contributed by atoms with Crippen LogP contribution in [0.1, 0.15) is 89.9 Å². The average Bonchev–Trinajstić information content (AvgIpc) is 2.48. The third kappa shape index (κ3) is 15.4. The highest BCUT2D eigenvalue weighted by atomic mass is 16.3. The molecule has 0 bridgehead atoms. The minimum absolute atomic E-state index is 0.0327. The Morgan fingerprint density at radius 3 is 1.59 bits per heavy atom. The summed E-state index contributed by atoms with van der Waals surface area (Å²) in [6.45, 7) is 0.313. The van der Waals surface area contributed by atoms with Gasteiger partial charge in [-0.25, -0.2) is 0 Å². The summed E-state index contributed by atoms with van der Waals surface area (Å²) in [6, 6.07) is 0. The Labute approximate surface area is 134 Å². The predicted octanol–water partition coefficient (Wildman–Crippen LogP) is 3.78. The smallest absolute Gasteiger partial charge is 0.147 e. The number of aldehydes is 1. The quantitative estimate of drug-likeness (QED) is 0.252. The van der Waals surface area contributed by atoms with Gasteiger partial charge in [0.1, 0.15) is 17.9 Å². The molecule has 4 heteroatoms. The summed E-state index contributed by atoms with van der Waals surface area (Å²) in [5.41, 5.74) is 0. The molecule has 0 heterocycles. The van der Waals surface area contributed by atoms with Crippen LogP contribution in [0.15, 0.2) is 0 Å². The van der Waals surface area contributed by atoms with Crippen LogP contribution in [0.4, 0.5) is 0 Å². The molecule has 0 unspecified atom stereocenters. The predicted molar refractivity (Wildman–Crippen MR) is 87.8 cm³/mol. The van der Waals surface area contributed by atoms with Gasteiger partial charge in [0.15, 0.2) is 0 Å². The molecular weight excluding hydrogens is 280 g/mol. The Morgan fingerprint density at radius 1 is 0.682 bits per heavy atom. The first-order valence-electron chi connectivity index (χ1n) is 8.78. The lowest BCUT2D eigenvalue weighted by atomic mass is 10.0. The van der Waals surface area contributed by atoms with E-state index in [1.165, 1.54) is 38.5 Å². The Morgan fingerprint density at radius 2 is 1.14 bits per heavy atom. The van der Waals surface area contributed by atoms with Crippen molar-refractivity contribution in [1.82, 2.24) is 0 Å². The van der Waals surface area contributed by atoms with Crippen molar-refractivity contribution in [3.63, 3.8) is 0 Å². The molecule has 0 aromatic rings. The van der Waals surface area contributed by atoms with Crippen LogP contribution in [0, 0.1) is 0 Å². The fourth-order valence-corrected chi connectivity index (χ4v) is 2.50. The van der Waals surface area contributed by atoms with Gasteiger partial charge in [-0.2, -0.15) is 0 Å². The maximum Gasteiger partial charge on any atom is 0.147 e. The largest absolute Gasteiger partial charge is 0.396 e. The van der Waals surface area contributed by atoms with E-state index in [0.717, 1.165) is 32.1 Å². The van der Waals surface area contributed by atoms with Gasteiger partial charge in [0.2, 0.25) is 0 Å². The van der Waals surface area contributed by atoms with Crippen molar-refractivity contribution in [2.75, 3.05) is 6.61 Å². The average molecular weight is 312 g/mol. The maximum absolute atomic E-state index is 11.5. The molecule has 22 heavy (non-hydrogen) atoms. The summed E-state index contributed by atoms with van der Waals surface area (Å²) in [5, 5.41) is 8.66. The van der Waals surface area contributed by atoms with Crippen LogP contribution in [-0.4, -0.2) is 29.6 Å². The molecule has 0 radical (unpaired) electrons. The summed E-state index contributed by atoms with van der Waals surface area (Å²) >= 11 is 0. The number of ketones is 2. The van der Waals surface area contributed by atoms with Crippen molar-refractivity contribution in [3.05, 3.63) is 0 Å². The zero-order valence-electron chi connectivity index (χ0n) is 13.9. The second-order valence-electron chi connectivity index (χ2n) is 5.99. The number of unbranched alkanes of at least 4 members (excludes halogenated alkanes) is 10. The molecule has 0 saturated heterocycles. The van der Waals surface area contributed by atoms with Crippen LogP contribution < -0.4 is 0 Å². The fourth-order valence-electron chi connectivity index (χ4n) is 2.50. The van der Waals surface area contributed by atoms with E-state index in [0.29, 0.717) is 19.3 Å². The second kappa shape index (κ2) is 16.3. The lowest BCUT2D eigenvalue weighted by Crippen LogP contribution is -2.07. The van der Waals surface area contributed by atoms with E-state index in [-0.39, 0.29) is 24.4 Å². The maximum atomic E-state index is 11.5. The molecular formula is C18H32O4. The molecule has 1 N–H and O–H groups in total. The lowest BCUT2D eigenvalue weighted by molar-refractivity contribution is -0.127. The number of carbonyl (C=O) groups is 3. The third-order valence-corrected chi connectivity index (χ3v) is 3.82. The van der Waals surface area contributed by atoms with Crippen LogP contribution >= 0.6 is 0 Å². The summed E-state index contributed by atoms with van der Waals surface area (Å²) in [5.74, 6) is -0.297. The van der Waals surface area contributed by atoms with Crippen molar-refractivity contribution in [2.24, 2.45) is 0 Å². The second-order valence-corrected chi connectivity index (χ2v) is 5.99. The van der Waals surface area contributed by atoms with Crippen molar-refractivity contribution < 1.29 is 19.5 Å². The minimum atomic E-state index is -0.265. The molecule has 0 aliphatic heterocycles. The molecule has 0 rings (SSSR count). The molecule has 0 atom stereocenters. The van der Waals surface area contributed by atoms with Crippen LogP contribution in [0.3, 0.4) is 0 Å². The SMILES string of the molecule is O=CCC(=O)CC(=O)CCCCCCCCCCCCCO. The Balaban J connectivity index is 3.21. The summed E-state index contributed by atoms with van der Waals surface area (Å²) < 4.78 is 0. The van der Waals surface area contributed by atoms with E-state index < -0.39 is 0 Å². The highest BCUT2D eigenvalue weighted by Gasteiger charge is 2.08. The van der Waals surface area contributed by atoms with E-state index in [9.17, 15) is 14.4 Å². The lowest BCUT2D eigenvalue weighted by Gasteiger charge is -2.02. The number of Topliss-reactive ketones (excluding diaryl/α,β-unsaturated/α-hetero) is 2. The first kappa shape index (κ1) is 21.0. The van der Waals surface area contributed by atoms with E-state index in [2.05, 4.69) is 0 Å². The molecule has 0 aliphatic carbocycles. The minimum Gasteiger partial charge on any atom is -0.396 e. The number of rotatable bonds is 17. The van der Waals surface area contributed by atoms with Gasteiger partial charge in [-0.05, 0) is 12.8 Å². The summed E-state index contributed by atoms with van der Waals surface area (Å²) in [4.78, 5) is 32.7. The zero-order chi connectivity index (χ0) is 16.5. The number of hydrogen-bond donors (Lipinski definition) is 1. The number of aliphatic hydroxyl groups is 1. The topological polar surface area (TPSA) is 71.4 Å². The van der Waals surface area contributed by atoms with Crippen molar-refractivity contribution in [1.29, 1.82) is 0 Å². The van der Waals surface area contributed by atoms with Gasteiger partial charge < -0.3 is 9.90 Å².